The van der Waals surface area contributed by atoms with Crippen LogP contribution in [-0.4, -0.2) is 24.2 Å². The van der Waals surface area contributed by atoms with Gasteiger partial charge in [0, 0.05) is 26.4 Å². The van der Waals surface area contributed by atoms with Crippen LogP contribution in [0.1, 0.15) is 12.0 Å². The molecule has 2 aromatic rings. The molecule has 0 aromatic heterocycles. The third-order valence-electron chi connectivity index (χ3n) is 3.21. The second-order valence-corrected chi connectivity index (χ2v) is 7.24. The number of thioether (sulfide) groups is 1. The highest BCUT2D eigenvalue weighted by molar-refractivity contribution is 7.99. The number of carbonyl (C=O) groups is 2. The number of esters is 1. The first kappa shape index (κ1) is 19.6. The number of amides is 1. The van der Waals surface area contributed by atoms with Crippen molar-refractivity contribution in [1.29, 1.82) is 0 Å². The maximum absolute atomic E-state index is 11.8. The molecular formula is C18H17Cl2NO3S. The number of benzene rings is 2. The Bertz CT molecular complexity index is 750. The molecule has 0 aliphatic carbocycles. The Morgan fingerprint density at radius 3 is 2.52 bits per heavy atom. The van der Waals surface area contributed by atoms with E-state index < -0.39 is 11.9 Å². The Kier molecular flexibility index (Phi) is 7.62. The molecule has 1 amide bonds. The third-order valence-corrected chi connectivity index (χ3v) is 4.88. The van der Waals surface area contributed by atoms with Crippen LogP contribution < -0.4 is 5.32 Å². The summed E-state index contributed by atoms with van der Waals surface area (Å²) in [5.74, 6) is -0.257. The van der Waals surface area contributed by atoms with E-state index in [1.54, 1.807) is 30.3 Å². The summed E-state index contributed by atoms with van der Waals surface area (Å²) in [7, 11) is 0. The van der Waals surface area contributed by atoms with Crippen LogP contribution in [0.5, 0.6) is 0 Å². The van der Waals surface area contributed by atoms with Crippen molar-refractivity contribution >= 4 is 52.5 Å². The monoisotopic (exact) mass is 397 g/mol. The van der Waals surface area contributed by atoms with Crippen molar-refractivity contribution in [3.8, 4) is 0 Å². The molecule has 0 spiro atoms. The van der Waals surface area contributed by atoms with Crippen molar-refractivity contribution in [3.63, 3.8) is 0 Å². The van der Waals surface area contributed by atoms with Crippen molar-refractivity contribution in [2.45, 2.75) is 18.2 Å². The topological polar surface area (TPSA) is 55.4 Å². The Morgan fingerprint density at radius 2 is 1.84 bits per heavy atom. The summed E-state index contributed by atoms with van der Waals surface area (Å²) in [5, 5.41) is 3.87. The molecule has 0 saturated carbocycles. The summed E-state index contributed by atoms with van der Waals surface area (Å²) >= 11 is 13.3. The quantitative estimate of drug-likeness (QED) is 0.529. The average Bonchev–Trinajstić information content (AvgIpc) is 2.58. The number of hydrogen-bond acceptors (Lipinski definition) is 4. The summed E-state index contributed by atoms with van der Waals surface area (Å²) in [6.07, 6.45) is 0.219. The van der Waals surface area contributed by atoms with Gasteiger partial charge in [0.05, 0.1) is 6.42 Å². The van der Waals surface area contributed by atoms with Crippen molar-refractivity contribution < 1.29 is 14.3 Å². The van der Waals surface area contributed by atoms with Crippen molar-refractivity contribution in [3.05, 3.63) is 58.1 Å². The van der Waals surface area contributed by atoms with Gasteiger partial charge in [0.2, 0.25) is 0 Å². The fourth-order valence-electron chi connectivity index (χ4n) is 1.87. The van der Waals surface area contributed by atoms with E-state index in [0.29, 0.717) is 21.5 Å². The average molecular weight is 398 g/mol. The van der Waals surface area contributed by atoms with Crippen LogP contribution in [0.2, 0.25) is 10.0 Å². The lowest BCUT2D eigenvalue weighted by molar-refractivity contribution is -0.146. The number of aryl methyl sites for hydroxylation is 1. The minimum Gasteiger partial charge on any atom is -0.456 e. The molecule has 7 heteroatoms. The van der Waals surface area contributed by atoms with Gasteiger partial charge in [0.25, 0.3) is 5.91 Å². The molecule has 0 saturated heterocycles. The predicted octanol–water partition coefficient (Wildman–Crippen LogP) is 4.97. The molecule has 1 N–H and O–H groups in total. The Morgan fingerprint density at radius 1 is 1.12 bits per heavy atom. The first-order valence-electron chi connectivity index (χ1n) is 7.54. The zero-order valence-electron chi connectivity index (χ0n) is 13.6. The predicted molar refractivity (Wildman–Crippen MR) is 103 cm³/mol. The number of nitrogens with one attached hydrogen (secondary N) is 1. The molecule has 132 valence electrons. The van der Waals surface area contributed by atoms with E-state index in [9.17, 15) is 9.59 Å². The van der Waals surface area contributed by atoms with E-state index in [1.165, 1.54) is 11.8 Å². The van der Waals surface area contributed by atoms with Crippen LogP contribution in [-0.2, 0) is 14.3 Å². The highest BCUT2D eigenvalue weighted by atomic mass is 35.5. The number of ether oxygens (including phenoxy) is 1. The summed E-state index contributed by atoms with van der Waals surface area (Å²) in [6.45, 7) is 1.55. The minimum absolute atomic E-state index is 0.219. The van der Waals surface area contributed by atoms with Gasteiger partial charge in [-0.2, -0.15) is 0 Å². The minimum atomic E-state index is -0.418. The molecule has 0 bridgehead atoms. The van der Waals surface area contributed by atoms with E-state index in [1.807, 2.05) is 19.1 Å². The molecule has 0 heterocycles. The normalized spacial score (nSPS) is 10.4. The largest absolute Gasteiger partial charge is 0.456 e. The van der Waals surface area contributed by atoms with Gasteiger partial charge in [-0.05, 0) is 48.9 Å². The van der Waals surface area contributed by atoms with Crippen molar-refractivity contribution in [2.75, 3.05) is 17.7 Å². The van der Waals surface area contributed by atoms with Crippen molar-refractivity contribution in [1.82, 2.24) is 0 Å². The molecule has 0 aliphatic rings. The number of hydrogen-bond donors (Lipinski definition) is 1. The molecule has 0 radical (unpaired) electrons. The number of carbonyl (C=O) groups excluding carboxylic acids is 2. The summed E-state index contributed by atoms with van der Waals surface area (Å²) < 4.78 is 4.97. The van der Waals surface area contributed by atoms with E-state index in [2.05, 4.69) is 5.32 Å². The third kappa shape index (κ3) is 6.98. The van der Waals surface area contributed by atoms with Gasteiger partial charge in [-0.15, -0.1) is 11.8 Å². The highest BCUT2D eigenvalue weighted by Gasteiger charge is 2.09. The van der Waals surface area contributed by atoms with E-state index in [-0.39, 0.29) is 13.0 Å². The second-order valence-electron chi connectivity index (χ2n) is 5.23. The summed E-state index contributed by atoms with van der Waals surface area (Å²) in [4.78, 5) is 24.5. The van der Waals surface area contributed by atoms with E-state index >= 15 is 0 Å². The van der Waals surface area contributed by atoms with Gasteiger partial charge in [-0.1, -0.05) is 29.3 Å². The number of anilines is 1. The lowest BCUT2D eigenvalue weighted by Gasteiger charge is -2.08. The maximum Gasteiger partial charge on any atom is 0.307 e. The first-order chi connectivity index (χ1) is 11.9. The van der Waals surface area contributed by atoms with Gasteiger partial charge in [-0.3, -0.25) is 9.59 Å². The molecule has 0 atom stereocenters. The lowest BCUT2D eigenvalue weighted by Crippen LogP contribution is -2.21. The maximum atomic E-state index is 11.8. The first-order valence-corrected chi connectivity index (χ1v) is 9.28. The van der Waals surface area contributed by atoms with Gasteiger partial charge in [-0.25, -0.2) is 0 Å². The highest BCUT2D eigenvalue weighted by Crippen LogP contribution is 2.21. The molecule has 0 aliphatic heterocycles. The molecular weight excluding hydrogens is 381 g/mol. The molecule has 0 unspecified atom stereocenters. The summed E-state index contributed by atoms with van der Waals surface area (Å²) in [5.41, 5.74) is 1.49. The zero-order valence-corrected chi connectivity index (χ0v) is 15.9. The number of halogens is 2. The fraction of sp³-hybridized carbons (Fsp3) is 0.222. The van der Waals surface area contributed by atoms with Crippen LogP contribution in [0.4, 0.5) is 5.69 Å². The SMILES string of the molecule is Cc1ccc(NC(=O)COC(=O)CCSc2ccc(Cl)cc2)cc1Cl. The van der Waals surface area contributed by atoms with Crippen LogP contribution in [0.25, 0.3) is 0 Å². The smallest absolute Gasteiger partial charge is 0.307 e. The molecule has 0 fully saturated rings. The van der Waals surface area contributed by atoms with Gasteiger partial charge < -0.3 is 10.1 Å². The van der Waals surface area contributed by atoms with Gasteiger partial charge in [0.15, 0.2) is 6.61 Å². The van der Waals surface area contributed by atoms with E-state index in [4.69, 9.17) is 27.9 Å². The number of rotatable bonds is 7. The van der Waals surface area contributed by atoms with Crippen LogP contribution >= 0.6 is 35.0 Å². The van der Waals surface area contributed by atoms with Gasteiger partial charge in [0.1, 0.15) is 0 Å². The molecule has 4 nitrogen and oxygen atoms in total. The lowest BCUT2D eigenvalue weighted by atomic mass is 10.2. The van der Waals surface area contributed by atoms with Crippen LogP contribution in [0, 0.1) is 6.92 Å². The Hall–Kier alpha value is -1.69. The van der Waals surface area contributed by atoms with Gasteiger partial charge >= 0.3 is 5.97 Å². The fourth-order valence-corrected chi connectivity index (χ4v) is 3.01. The zero-order chi connectivity index (χ0) is 18.2. The Balaban J connectivity index is 1.67. The summed E-state index contributed by atoms with van der Waals surface area (Å²) in [6, 6.07) is 12.6. The van der Waals surface area contributed by atoms with E-state index in [0.717, 1.165) is 10.5 Å². The van der Waals surface area contributed by atoms with Crippen LogP contribution in [0.15, 0.2) is 47.4 Å². The molecule has 2 aromatic carbocycles. The van der Waals surface area contributed by atoms with Crippen LogP contribution in [0.3, 0.4) is 0 Å². The second kappa shape index (κ2) is 9.70. The molecule has 25 heavy (non-hydrogen) atoms. The standard InChI is InChI=1S/C18H17Cl2NO3S/c1-12-2-5-14(10-16(12)20)21-17(22)11-24-18(23)8-9-25-15-6-3-13(19)4-7-15/h2-7,10H,8-9,11H2,1H3,(H,21,22). The molecule has 2 rings (SSSR count). The Labute approximate surface area is 160 Å². The van der Waals surface area contributed by atoms with Crippen molar-refractivity contribution in [2.24, 2.45) is 0 Å².